The van der Waals surface area contributed by atoms with Crippen molar-refractivity contribution in [3.63, 3.8) is 0 Å². The molecular weight excluding hydrogens is 380 g/mol. The van der Waals surface area contributed by atoms with Crippen molar-refractivity contribution in [2.75, 3.05) is 6.61 Å². The van der Waals surface area contributed by atoms with Gasteiger partial charge in [0.2, 0.25) is 0 Å². The van der Waals surface area contributed by atoms with Crippen molar-refractivity contribution in [1.82, 2.24) is 4.98 Å². The lowest BCUT2D eigenvalue weighted by Crippen LogP contribution is -2.07. The van der Waals surface area contributed by atoms with Crippen molar-refractivity contribution in [3.05, 3.63) is 65.3 Å². The molecule has 0 bridgehead atoms. The molecule has 144 valence electrons. The Morgan fingerprint density at radius 2 is 1.97 bits per heavy atom. The summed E-state index contributed by atoms with van der Waals surface area (Å²) >= 11 is 1.69. The number of thiophene rings is 1. The van der Waals surface area contributed by atoms with Crippen molar-refractivity contribution in [2.45, 2.75) is 26.2 Å². The van der Waals surface area contributed by atoms with Crippen LogP contribution in [0.3, 0.4) is 0 Å². The number of aromatic nitrogens is 1. The smallest absolute Gasteiger partial charge is 0.306 e. The Kier molecular flexibility index (Phi) is 5.28. The molecule has 2 heterocycles. The van der Waals surface area contributed by atoms with Gasteiger partial charge in [-0.25, -0.2) is 0 Å². The molecule has 0 N–H and O–H groups in total. The van der Waals surface area contributed by atoms with Crippen molar-refractivity contribution in [2.24, 2.45) is 0 Å². The van der Waals surface area contributed by atoms with Gasteiger partial charge in [-0.05, 0) is 30.0 Å². The van der Waals surface area contributed by atoms with Crippen LogP contribution in [-0.4, -0.2) is 17.6 Å². The van der Waals surface area contributed by atoms with E-state index in [-0.39, 0.29) is 11.9 Å². The first-order chi connectivity index (χ1) is 14.1. The predicted molar refractivity (Wildman–Crippen MR) is 117 cm³/mol. The minimum atomic E-state index is -0.172. The monoisotopic (exact) mass is 400 g/mol. The Morgan fingerprint density at radius 1 is 1.17 bits per heavy atom. The van der Waals surface area contributed by atoms with E-state index in [1.54, 1.807) is 11.3 Å². The minimum absolute atomic E-state index is 0.0806. The molecule has 0 unspecified atom stereocenters. The van der Waals surface area contributed by atoms with Crippen LogP contribution in [0.2, 0.25) is 0 Å². The number of carbonyl (C=O) groups is 1. The number of ether oxygens (including phenoxy) is 1. The first kappa shape index (κ1) is 19.1. The summed E-state index contributed by atoms with van der Waals surface area (Å²) in [7, 11) is 0. The van der Waals surface area contributed by atoms with E-state index in [1.165, 1.54) is 0 Å². The van der Waals surface area contributed by atoms with Crippen LogP contribution in [-0.2, 0) is 9.53 Å². The van der Waals surface area contributed by atoms with Gasteiger partial charge in [0.1, 0.15) is 0 Å². The van der Waals surface area contributed by atoms with E-state index >= 15 is 0 Å². The van der Waals surface area contributed by atoms with E-state index in [1.807, 2.05) is 62.6 Å². The number of pyridine rings is 1. The third-order valence-corrected chi connectivity index (χ3v) is 6.46. The number of esters is 1. The normalized spacial score (nSPS) is 12.0. The highest BCUT2D eigenvalue weighted by Crippen LogP contribution is 2.40. The number of fused-ring (bicyclic) bond motifs is 2. The molecule has 0 spiro atoms. The molecule has 2 aromatic heterocycles. The Balaban J connectivity index is 1.82. The van der Waals surface area contributed by atoms with E-state index < -0.39 is 0 Å². The second kappa shape index (κ2) is 8.02. The van der Waals surface area contributed by atoms with Crippen molar-refractivity contribution < 1.29 is 9.53 Å². The minimum Gasteiger partial charge on any atom is -0.466 e. The number of nitrogens with zero attached hydrogens (tertiary/aromatic N) is 2. The molecule has 0 saturated carbocycles. The number of nitriles is 1. The van der Waals surface area contributed by atoms with Crippen LogP contribution in [0.25, 0.3) is 32.0 Å². The molecule has 1 atom stereocenters. The lowest BCUT2D eigenvalue weighted by molar-refractivity contribution is -0.143. The summed E-state index contributed by atoms with van der Waals surface area (Å²) in [6.45, 7) is 4.27. The Morgan fingerprint density at radius 3 is 2.72 bits per heavy atom. The highest BCUT2D eigenvalue weighted by atomic mass is 32.1. The van der Waals surface area contributed by atoms with Crippen LogP contribution in [0.5, 0.6) is 0 Å². The van der Waals surface area contributed by atoms with E-state index in [2.05, 4.69) is 17.1 Å². The Hall–Kier alpha value is -3.23. The quantitative estimate of drug-likeness (QED) is 0.383. The maximum Gasteiger partial charge on any atom is 0.306 e. The summed E-state index contributed by atoms with van der Waals surface area (Å²) in [6.07, 6.45) is 4.11. The molecule has 4 nitrogen and oxygen atoms in total. The number of rotatable bonds is 5. The van der Waals surface area contributed by atoms with E-state index in [9.17, 15) is 10.1 Å². The van der Waals surface area contributed by atoms with Crippen LogP contribution in [0.15, 0.2) is 54.9 Å². The fraction of sp³-hybridized carbons (Fsp3) is 0.208. The molecule has 0 aliphatic rings. The zero-order valence-electron chi connectivity index (χ0n) is 16.3. The molecule has 4 aromatic rings. The van der Waals surface area contributed by atoms with E-state index in [0.29, 0.717) is 18.6 Å². The van der Waals surface area contributed by atoms with Crippen molar-refractivity contribution >= 4 is 38.2 Å². The van der Waals surface area contributed by atoms with Gasteiger partial charge in [0.15, 0.2) is 0 Å². The highest BCUT2D eigenvalue weighted by Gasteiger charge is 2.18. The zero-order chi connectivity index (χ0) is 20.4. The highest BCUT2D eigenvalue weighted by molar-refractivity contribution is 7.19. The lowest BCUT2D eigenvalue weighted by Gasteiger charge is -2.09. The van der Waals surface area contributed by atoms with Gasteiger partial charge in [-0.1, -0.05) is 37.3 Å². The van der Waals surface area contributed by atoms with Crippen molar-refractivity contribution in [3.8, 4) is 17.2 Å². The molecular formula is C24H20N2O2S. The Labute approximate surface area is 173 Å². The number of hydrogen-bond acceptors (Lipinski definition) is 5. The molecule has 0 saturated heterocycles. The summed E-state index contributed by atoms with van der Waals surface area (Å²) in [5.41, 5.74) is 2.77. The maximum atomic E-state index is 11.9. The summed E-state index contributed by atoms with van der Waals surface area (Å²) in [4.78, 5) is 17.5. The van der Waals surface area contributed by atoms with Gasteiger partial charge in [-0.2, -0.15) is 5.26 Å². The van der Waals surface area contributed by atoms with Gasteiger partial charge in [-0.15, -0.1) is 11.3 Å². The van der Waals surface area contributed by atoms with E-state index in [0.717, 1.165) is 36.9 Å². The Bertz CT molecular complexity index is 1250. The van der Waals surface area contributed by atoms with Gasteiger partial charge < -0.3 is 4.74 Å². The van der Waals surface area contributed by atoms with Crippen LogP contribution >= 0.6 is 11.3 Å². The molecule has 4 rings (SSSR count). The lowest BCUT2D eigenvalue weighted by atomic mass is 9.96. The largest absolute Gasteiger partial charge is 0.466 e. The number of benzene rings is 2. The van der Waals surface area contributed by atoms with Crippen LogP contribution < -0.4 is 0 Å². The van der Waals surface area contributed by atoms with E-state index in [4.69, 9.17) is 4.74 Å². The SMILES string of the molecule is CCOC(=O)C[C@H](C)c1cc2cncc(-c3ccc(C#N)c4ccccc34)c2s1. The zero-order valence-corrected chi connectivity index (χ0v) is 17.1. The molecule has 0 amide bonds. The number of hydrogen-bond donors (Lipinski definition) is 0. The second-order valence-corrected chi connectivity index (χ2v) is 8.07. The van der Waals surface area contributed by atoms with Gasteiger partial charge in [0.05, 0.1) is 24.7 Å². The molecule has 29 heavy (non-hydrogen) atoms. The van der Waals surface area contributed by atoms with Gasteiger partial charge in [-0.3, -0.25) is 9.78 Å². The third kappa shape index (κ3) is 3.59. The second-order valence-electron chi connectivity index (χ2n) is 6.98. The fourth-order valence-electron chi connectivity index (χ4n) is 3.62. The summed E-state index contributed by atoms with van der Waals surface area (Å²) in [5, 5.41) is 12.5. The standard InChI is InChI=1S/C24H20N2O2S/c1-3-28-23(27)10-15(2)22-11-17-13-26-14-21(24(17)29-22)20-9-8-16(12-25)18-6-4-5-7-19(18)20/h4-9,11,13-15H,3,10H2,1-2H3/t15-/m0/s1. The van der Waals surface area contributed by atoms with Crippen LogP contribution in [0, 0.1) is 11.3 Å². The first-order valence-electron chi connectivity index (χ1n) is 9.57. The van der Waals surface area contributed by atoms with Gasteiger partial charge >= 0.3 is 5.97 Å². The van der Waals surface area contributed by atoms with Crippen LogP contribution in [0.4, 0.5) is 0 Å². The van der Waals surface area contributed by atoms with Crippen molar-refractivity contribution in [1.29, 1.82) is 5.26 Å². The molecule has 0 radical (unpaired) electrons. The third-order valence-electron chi connectivity index (χ3n) is 5.04. The van der Waals surface area contributed by atoms with Gasteiger partial charge in [0.25, 0.3) is 0 Å². The predicted octanol–water partition coefficient (Wildman–Crippen LogP) is 6.04. The molecule has 0 aliphatic carbocycles. The molecule has 5 heteroatoms. The first-order valence-corrected chi connectivity index (χ1v) is 10.4. The summed E-state index contributed by atoms with van der Waals surface area (Å²) in [5.74, 6) is -0.0918. The maximum absolute atomic E-state index is 11.9. The average Bonchev–Trinajstić information content (AvgIpc) is 3.18. The summed E-state index contributed by atoms with van der Waals surface area (Å²) < 4.78 is 6.24. The average molecular weight is 401 g/mol. The summed E-state index contributed by atoms with van der Waals surface area (Å²) in [6, 6.07) is 16.2. The van der Waals surface area contributed by atoms with Crippen LogP contribution in [0.1, 0.15) is 36.6 Å². The van der Waals surface area contributed by atoms with Gasteiger partial charge in [0, 0.05) is 44.2 Å². The molecule has 0 fully saturated rings. The fourth-order valence-corrected chi connectivity index (χ4v) is 4.83. The topological polar surface area (TPSA) is 63.0 Å². The molecule has 0 aliphatic heterocycles. The number of carbonyl (C=O) groups excluding carboxylic acids is 1. The molecule has 2 aromatic carbocycles.